The number of nitrogens with two attached hydrogens (primary N) is 1. The van der Waals surface area contributed by atoms with Crippen LogP contribution in [0.2, 0.25) is 0 Å². The average molecular weight is 315 g/mol. The van der Waals surface area contributed by atoms with E-state index in [0.717, 1.165) is 4.90 Å². The molecule has 110 valence electrons. The van der Waals surface area contributed by atoms with Gasteiger partial charge >= 0.3 is 6.09 Å². The third kappa shape index (κ3) is 5.64. The molecule has 6 nitrogen and oxygen atoms in total. The number of rotatable bonds is 5. The van der Waals surface area contributed by atoms with Crippen molar-refractivity contribution in [2.75, 3.05) is 30.7 Å². The van der Waals surface area contributed by atoms with Crippen molar-refractivity contribution < 1.29 is 14.3 Å². The minimum Gasteiger partial charge on any atom is -0.453 e. The summed E-state index contributed by atoms with van der Waals surface area (Å²) in [5.41, 5.74) is 7.06. The van der Waals surface area contributed by atoms with Crippen LogP contribution in [0.1, 0.15) is 6.92 Å². The first-order chi connectivity index (χ1) is 9.56. The average Bonchev–Trinajstić information content (AvgIpc) is 2.42. The number of carbonyl (C=O) groups excluding carboxylic acids is 1. The van der Waals surface area contributed by atoms with Crippen molar-refractivity contribution in [3.05, 3.63) is 18.2 Å². The molecule has 0 spiro atoms. The molecule has 1 aromatic rings. The number of methoxy groups -OCH3 is 1. The molecule has 0 aliphatic rings. The van der Waals surface area contributed by atoms with E-state index < -0.39 is 6.09 Å². The normalized spacial score (nSPS) is 9.90. The van der Waals surface area contributed by atoms with Gasteiger partial charge in [-0.25, -0.2) is 4.79 Å². The molecule has 0 aliphatic heterocycles. The molecular weight excluding hydrogens is 298 g/mol. The van der Waals surface area contributed by atoms with Gasteiger partial charge in [-0.15, -0.1) is 0 Å². The highest BCUT2D eigenvalue weighted by Gasteiger charge is 2.06. The number of anilines is 2. The standard InChI is InChI=1S/C12H17N3O3S2/c1-3-18-7-20-8-4-5-10(9(13)6-8)14-11(19)15-12(16)17-2/h4-6H,3,7,13H2,1-2H3,(H2,14,15,16,19). The number of amides is 1. The van der Waals surface area contributed by atoms with Crippen molar-refractivity contribution in [2.45, 2.75) is 11.8 Å². The number of ether oxygens (including phenoxy) is 2. The van der Waals surface area contributed by atoms with Crippen molar-refractivity contribution in [3.8, 4) is 0 Å². The number of alkyl carbamates (subject to hydrolysis) is 1. The van der Waals surface area contributed by atoms with Crippen molar-refractivity contribution in [3.63, 3.8) is 0 Å². The Morgan fingerprint density at radius 3 is 2.85 bits per heavy atom. The number of benzene rings is 1. The lowest BCUT2D eigenvalue weighted by Crippen LogP contribution is -2.34. The molecule has 0 radical (unpaired) electrons. The summed E-state index contributed by atoms with van der Waals surface area (Å²) in [7, 11) is 1.26. The predicted molar refractivity (Wildman–Crippen MR) is 85.0 cm³/mol. The van der Waals surface area contributed by atoms with Gasteiger partial charge in [0.1, 0.15) is 0 Å². The molecule has 0 saturated heterocycles. The Morgan fingerprint density at radius 2 is 2.25 bits per heavy atom. The van der Waals surface area contributed by atoms with E-state index in [0.29, 0.717) is 23.9 Å². The summed E-state index contributed by atoms with van der Waals surface area (Å²) in [5, 5.41) is 5.29. The third-order valence-corrected chi connectivity index (χ3v) is 3.26. The lowest BCUT2D eigenvalue weighted by Gasteiger charge is -2.12. The van der Waals surface area contributed by atoms with Crippen LogP contribution < -0.4 is 16.4 Å². The van der Waals surface area contributed by atoms with E-state index in [4.69, 9.17) is 22.7 Å². The molecular formula is C12H17N3O3S2. The van der Waals surface area contributed by atoms with Crippen molar-refractivity contribution in [1.29, 1.82) is 0 Å². The minimum absolute atomic E-state index is 0.123. The van der Waals surface area contributed by atoms with E-state index in [1.807, 2.05) is 19.1 Å². The fourth-order valence-corrected chi connectivity index (χ4v) is 2.19. The highest BCUT2D eigenvalue weighted by Crippen LogP contribution is 2.26. The zero-order chi connectivity index (χ0) is 15.0. The van der Waals surface area contributed by atoms with Gasteiger partial charge in [-0.05, 0) is 37.3 Å². The molecule has 0 saturated carbocycles. The molecule has 0 aromatic heterocycles. The van der Waals surface area contributed by atoms with Crippen molar-refractivity contribution in [2.24, 2.45) is 0 Å². The third-order valence-electron chi connectivity index (χ3n) is 2.19. The number of hydrogen-bond donors (Lipinski definition) is 3. The molecule has 0 bridgehead atoms. The summed E-state index contributed by atoms with van der Waals surface area (Å²) in [6, 6.07) is 5.49. The second-order valence-electron chi connectivity index (χ2n) is 3.57. The molecule has 1 aromatic carbocycles. The van der Waals surface area contributed by atoms with Crippen LogP contribution in [0.15, 0.2) is 23.1 Å². The smallest absolute Gasteiger partial charge is 0.413 e. The van der Waals surface area contributed by atoms with Gasteiger partial charge in [0.15, 0.2) is 5.11 Å². The summed E-state index contributed by atoms with van der Waals surface area (Å²) in [6.07, 6.45) is -0.634. The Morgan fingerprint density at radius 1 is 1.50 bits per heavy atom. The summed E-state index contributed by atoms with van der Waals surface area (Å²) in [6.45, 7) is 2.62. The molecule has 0 aliphatic carbocycles. The van der Waals surface area contributed by atoms with Crippen LogP contribution in [0, 0.1) is 0 Å². The maximum Gasteiger partial charge on any atom is 0.413 e. The summed E-state index contributed by atoms with van der Waals surface area (Å²) >= 11 is 6.50. The van der Waals surface area contributed by atoms with Crippen LogP contribution >= 0.6 is 24.0 Å². The SMILES string of the molecule is CCOCSc1ccc(NC(=S)NC(=O)OC)c(N)c1. The van der Waals surface area contributed by atoms with E-state index in [-0.39, 0.29) is 5.11 Å². The summed E-state index contributed by atoms with van der Waals surface area (Å²) in [5.74, 6) is 0.574. The quantitative estimate of drug-likeness (QED) is 0.253. The highest BCUT2D eigenvalue weighted by atomic mass is 32.2. The number of carbonyl (C=O) groups is 1. The van der Waals surface area contributed by atoms with Gasteiger partial charge in [0.05, 0.1) is 24.4 Å². The Bertz CT molecular complexity index is 483. The Balaban J connectivity index is 2.59. The van der Waals surface area contributed by atoms with E-state index in [1.165, 1.54) is 7.11 Å². The van der Waals surface area contributed by atoms with E-state index in [9.17, 15) is 4.79 Å². The van der Waals surface area contributed by atoms with E-state index in [1.54, 1.807) is 17.8 Å². The number of nitrogen functional groups attached to an aromatic ring is 1. The molecule has 0 unspecified atom stereocenters. The first kappa shape index (κ1) is 16.5. The van der Waals surface area contributed by atoms with Crippen LogP contribution in [-0.2, 0) is 9.47 Å². The fourth-order valence-electron chi connectivity index (χ4n) is 1.23. The topological polar surface area (TPSA) is 85.6 Å². The second-order valence-corrected chi connectivity index (χ2v) is 4.98. The molecule has 0 heterocycles. The zero-order valence-electron chi connectivity index (χ0n) is 11.3. The number of thioether (sulfide) groups is 1. The van der Waals surface area contributed by atoms with Crippen LogP contribution in [0.25, 0.3) is 0 Å². The molecule has 20 heavy (non-hydrogen) atoms. The molecule has 1 amide bonds. The minimum atomic E-state index is -0.634. The van der Waals surface area contributed by atoms with Gasteiger partial charge in [0.25, 0.3) is 0 Å². The zero-order valence-corrected chi connectivity index (χ0v) is 12.9. The number of hydrogen-bond acceptors (Lipinski definition) is 6. The Hall–Kier alpha value is -1.51. The lowest BCUT2D eigenvalue weighted by atomic mass is 10.3. The number of nitrogens with one attached hydrogen (secondary N) is 2. The lowest BCUT2D eigenvalue weighted by molar-refractivity contribution is 0.177. The summed E-state index contributed by atoms with van der Waals surface area (Å²) in [4.78, 5) is 12.0. The van der Waals surface area contributed by atoms with Gasteiger partial charge < -0.3 is 20.5 Å². The molecule has 0 atom stereocenters. The fraction of sp³-hybridized carbons (Fsp3) is 0.333. The Labute approximate surface area is 127 Å². The molecule has 4 N–H and O–H groups in total. The molecule has 8 heteroatoms. The first-order valence-corrected chi connectivity index (χ1v) is 7.22. The van der Waals surface area contributed by atoms with Crippen molar-refractivity contribution >= 4 is 46.6 Å². The Kier molecular flexibility index (Phi) is 7.13. The summed E-state index contributed by atoms with van der Waals surface area (Å²) < 4.78 is 9.69. The van der Waals surface area contributed by atoms with Gasteiger partial charge in [0.2, 0.25) is 0 Å². The van der Waals surface area contributed by atoms with Gasteiger partial charge in [-0.3, -0.25) is 5.32 Å². The molecule has 1 rings (SSSR count). The van der Waals surface area contributed by atoms with Crippen molar-refractivity contribution in [1.82, 2.24) is 5.32 Å². The van der Waals surface area contributed by atoms with E-state index >= 15 is 0 Å². The van der Waals surface area contributed by atoms with E-state index in [2.05, 4.69) is 15.4 Å². The largest absolute Gasteiger partial charge is 0.453 e. The highest BCUT2D eigenvalue weighted by molar-refractivity contribution is 7.99. The van der Waals surface area contributed by atoms with Crippen LogP contribution in [0.3, 0.4) is 0 Å². The number of thiocarbonyl (C=S) groups is 1. The molecule has 0 fully saturated rings. The van der Waals surface area contributed by atoms with Gasteiger partial charge in [-0.1, -0.05) is 11.8 Å². The maximum absolute atomic E-state index is 11.0. The van der Waals surface area contributed by atoms with Crippen LogP contribution in [0.4, 0.5) is 16.2 Å². The first-order valence-electron chi connectivity index (χ1n) is 5.82. The maximum atomic E-state index is 11.0. The van der Waals surface area contributed by atoms with Gasteiger partial charge in [-0.2, -0.15) is 0 Å². The van der Waals surface area contributed by atoms with Crippen LogP contribution in [0.5, 0.6) is 0 Å². The monoisotopic (exact) mass is 315 g/mol. The van der Waals surface area contributed by atoms with Crippen LogP contribution in [-0.4, -0.2) is 30.9 Å². The predicted octanol–water partition coefficient (Wildman–Crippen LogP) is 2.41. The van der Waals surface area contributed by atoms with Gasteiger partial charge in [0, 0.05) is 11.5 Å². The second kappa shape index (κ2) is 8.62.